The highest BCUT2D eigenvalue weighted by Crippen LogP contribution is 2.26. The third-order valence-electron chi connectivity index (χ3n) is 1.94. The Morgan fingerprint density at radius 1 is 1.57 bits per heavy atom. The van der Waals surface area contributed by atoms with E-state index in [0.29, 0.717) is 5.69 Å². The second-order valence-electron chi connectivity index (χ2n) is 2.76. The molecule has 0 saturated heterocycles. The van der Waals surface area contributed by atoms with Gasteiger partial charge in [-0.25, -0.2) is 9.97 Å². The molecule has 2 rings (SSSR count). The van der Waals surface area contributed by atoms with E-state index in [4.69, 9.17) is 10.4 Å². The molecule has 0 amide bonds. The van der Waals surface area contributed by atoms with Crippen LogP contribution in [0.15, 0.2) is 17.8 Å². The predicted octanol–water partition coefficient (Wildman–Crippen LogP) is 1.29. The quantitative estimate of drug-likeness (QED) is 0.802. The summed E-state index contributed by atoms with van der Waals surface area (Å²) in [4.78, 5) is 8.10. The minimum absolute atomic E-state index is 0.208. The van der Waals surface area contributed by atoms with Crippen molar-refractivity contribution in [3.8, 4) is 6.07 Å². The van der Waals surface area contributed by atoms with E-state index in [1.807, 2.05) is 17.5 Å². The molecule has 0 aliphatic heterocycles. The molecule has 0 aliphatic carbocycles. The first-order valence-corrected chi connectivity index (χ1v) is 4.93. The molecular weight excluding hydrogens is 198 g/mol. The van der Waals surface area contributed by atoms with Crippen molar-refractivity contribution in [1.82, 2.24) is 9.97 Å². The Kier molecular flexibility index (Phi) is 2.39. The largest absolute Gasteiger partial charge is 0.395 e. The van der Waals surface area contributed by atoms with Crippen LogP contribution in [0, 0.1) is 11.3 Å². The number of nitrogens with zero attached hydrogens (tertiary/aromatic N) is 3. The van der Waals surface area contributed by atoms with E-state index in [9.17, 15) is 0 Å². The van der Waals surface area contributed by atoms with Crippen LogP contribution >= 0.6 is 11.3 Å². The molecule has 2 aromatic rings. The molecule has 70 valence electrons. The summed E-state index contributed by atoms with van der Waals surface area (Å²) in [5.41, 5.74) is 1.45. The topological polar surface area (TPSA) is 69.8 Å². The average Bonchev–Trinajstić information content (AvgIpc) is 2.68. The summed E-state index contributed by atoms with van der Waals surface area (Å²) >= 11 is 1.49. The molecule has 2 heterocycles. The van der Waals surface area contributed by atoms with E-state index in [0.717, 1.165) is 10.2 Å². The molecule has 0 spiro atoms. The molecule has 1 unspecified atom stereocenters. The van der Waals surface area contributed by atoms with Gasteiger partial charge in [-0.2, -0.15) is 5.26 Å². The minimum Gasteiger partial charge on any atom is -0.395 e. The van der Waals surface area contributed by atoms with Crippen LogP contribution in [-0.2, 0) is 0 Å². The van der Waals surface area contributed by atoms with Crippen LogP contribution in [0.1, 0.15) is 11.6 Å². The van der Waals surface area contributed by atoms with Crippen LogP contribution in [0.5, 0.6) is 0 Å². The summed E-state index contributed by atoms with van der Waals surface area (Å²) in [6, 6.07) is 3.89. The van der Waals surface area contributed by atoms with Gasteiger partial charge in [-0.15, -0.1) is 11.3 Å². The van der Waals surface area contributed by atoms with Crippen LogP contribution < -0.4 is 0 Å². The molecule has 0 fully saturated rings. The van der Waals surface area contributed by atoms with Gasteiger partial charge in [0.25, 0.3) is 0 Å². The van der Waals surface area contributed by atoms with Crippen molar-refractivity contribution in [2.75, 3.05) is 6.61 Å². The van der Waals surface area contributed by atoms with E-state index in [1.165, 1.54) is 17.7 Å². The van der Waals surface area contributed by atoms with Crippen molar-refractivity contribution in [1.29, 1.82) is 5.26 Å². The summed E-state index contributed by atoms with van der Waals surface area (Å²) in [5, 5.41) is 19.7. The van der Waals surface area contributed by atoms with Gasteiger partial charge < -0.3 is 5.11 Å². The van der Waals surface area contributed by atoms with Gasteiger partial charge in [-0.1, -0.05) is 0 Å². The maximum Gasteiger partial charge on any atom is 0.116 e. The van der Waals surface area contributed by atoms with Crippen LogP contribution in [0.3, 0.4) is 0 Å². The lowest BCUT2D eigenvalue weighted by Crippen LogP contribution is -2.04. The first kappa shape index (κ1) is 9.06. The van der Waals surface area contributed by atoms with Crippen molar-refractivity contribution in [3.63, 3.8) is 0 Å². The minimum atomic E-state index is -0.556. The average molecular weight is 205 g/mol. The third-order valence-corrected chi connectivity index (χ3v) is 2.87. The Morgan fingerprint density at radius 2 is 2.43 bits per heavy atom. The Bertz CT molecular complexity index is 488. The zero-order valence-corrected chi connectivity index (χ0v) is 8.03. The van der Waals surface area contributed by atoms with Gasteiger partial charge in [-0.05, 0) is 11.4 Å². The molecule has 1 atom stereocenters. The van der Waals surface area contributed by atoms with E-state index < -0.39 is 5.92 Å². The SMILES string of the molecule is N#CC(CO)c1ncnc2ccsc12. The molecule has 0 aromatic carbocycles. The van der Waals surface area contributed by atoms with E-state index in [-0.39, 0.29) is 6.61 Å². The highest BCUT2D eigenvalue weighted by Gasteiger charge is 2.15. The molecule has 0 radical (unpaired) electrons. The lowest BCUT2D eigenvalue weighted by Gasteiger charge is -2.04. The highest BCUT2D eigenvalue weighted by molar-refractivity contribution is 7.17. The molecule has 14 heavy (non-hydrogen) atoms. The van der Waals surface area contributed by atoms with Gasteiger partial charge in [0.15, 0.2) is 0 Å². The van der Waals surface area contributed by atoms with Gasteiger partial charge >= 0.3 is 0 Å². The summed E-state index contributed by atoms with van der Waals surface area (Å²) in [6.07, 6.45) is 1.42. The third kappa shape index (κ3) is 1.35. The molecule has 5 heteroatoms. The predicted molar refractivity (Wildman–Crippen MR) is 52.9 cm³/mol. The fraction of sp³-hybridized carbons (Fsp3) is 0.222. The number of fused-ring (bicyclic) bond motifs is 1. The van der Waals surface area contributed by atoms with Crippen molar-refractivity contribution in [3.05, 3.63) is 23.5 Å². The molecule has 1 N–H and O–H groups in total. The smallest absolute Gasteiger partial charge is 0.116 e. The van der Waals surface area contributed by atoms with E-state index >= 15 is 0 Å². The Hall–Kier alpha value is -1.51. The van der Waals surface area contributed by atoms with Crippen LogP contribution in [-0.4, -0.2) is 21.7 Å². The second-order valence-corrected chi connectivity index (χ2v) is 3.67. The zero-order valence-electron chi connectivity index (χ0n) is 7.21. The lowest BCUT2D eigenvalue weighted by molar-refractivity contribution is 0.285. The normalized spacial score (nSPS) is 12.6. The Morgan fingerprint density at radius 3 is 3.14 bits per heavy atom. The first-order chi connectivity index (χ1) is 6.86. The second kappa shape index (κ2) is 3.70. The van der Waals surface area contributed by atoms with Crippen molar-refractivity contribution >= 4 is 21.6 Å². The highest BCUT2D eigenvalue weighted by atomic mass is 32.1. The van der Waals surface area contributed by atoms with E-state index in [1.54, 1.807) is 0 Å². The maximum absolute atomic E-state index is 9.00. The number of hydrogen-bond acceptors (Lipinski definition) is 5. The summed E-state index contributed by atoms with van der Waals surface area (Å²) in [6.45, 7) is -0.208. The number of rotatable bonds is 2. The zero-order chi connectivity index (χ0) is 9.97. The van der Waals surface area contributed by atoms with Gasteiger partial charge in [0.2, 0.25) is 0 Å². The fourth-order valence-corrected chi connectivity index (χ4v) is 2.13. The molecule has 0 bridgehead atoms. The Labute approximate surface area is 84.5 Å². The number of nitriles is 1. The van der Waals surface area contributed by atoms with Gasteiger partial charge in [-0.3, -0.25) is 0 Å². The molecule has 4 nitrogen and oxygen atoms in total. The summed E-state index contributed by atoms with van der Waals surface area (Å²) < 4.78 is 0.883. The number of aromatic nitrogens is 2. The van der Waals surface area contributed by atoms with Crippen molar-refractivity contribution in [2.45, 2.75) is 5.92 Å². The van der Waals surface area contributed by atoms with Gasteiger partial charge in [0.1, 0.15) is 12.2 Å². The standard InChI is InChI=1S/C9H7N3OS/c10-3-6(4-13)8-9-7(1-2-14-9)11-5-12-8/h1-2,5-6,13H,4H2. The van der Waals surface area contributed by atoms with E-state index in [2.05, 4.69) is 9.97 Å². The molecule has 0 saturated carbocycles. The maximum atomic E-state index is 9.00. The number of hydrogen-bond donors (Lipinski definition) is 1. The molecule has 2 aromatic heterocycles. The monoisotopic (exact) mass is 205 g/mol. The van der Waals surface area contributed by atoms with Gasteiger partial charge in [0, 0.05) is 0 Å². The van der Waals surface area contributed by atoms with Crippen molar-refractivity contribution in [2.24, 2.45) is 0 Å². The first-order valence-electron chi connectivity index (χ1n) is 4.05. The fourth-order valence-electron chi connectivity index (χ4n) is 1.24. The number of aliphatic hydroxyl groups is 1. The number of aliphatic hydroxyl groups excluding tert-OH is 1. The summed E-state index contributed by atoms with van der Waals surface area (Å²) in [5.74, 6) is -0.556. The lowest BCUT2D eigenvalue weighted by atomic mass is 10.1. The molecular formula is C9H7N3OS. The molecule has 0 aliphatic rings. The summed E-state index contributed by atoms with van der Waals surface area (Å²) in [7, 11) is 0. The van der Waals surface area contributed by atoms with Crippen LogP contribution in [0.2, 0.25) is 0 Å². The van der Waals surface area contributed by atoms with Crippen molar-refractivity contribution < 1.29 is 5.11 Å². The Balaban J connectivity index is 2.62. The van der Waals surface area contributed by atoms with Crippen LogP contribution in [0.25, 0.3) is 10.2 Å². The number of thiophene rings is 1. The van der Waals surface area contributed by atoms with Gasteiger partial charge in [0.05, 0.1) is 28.6 Å². The van der Waals surface area contributed by atoms with Crippen LogP contribution in [0.4, 0.5) is 0 Å².